The maximum Gasteiger partial charge on any atom is 0.333 e. The number of rotatable bonds is 2. The van der Waals surface area contributed by atoms with Gasteiger partial charge >= 0.3 is 13.7 Å². The molecule has 0 spiro atoms. The van der Waals surface area contributed by atoms with Crippen LogP contribution in [0.5, 0.6) is 0 Å². The summed E-state index contributed by atoms with van der Waals surface area (Å²) in [5.74, 6) is 0. The summed E-state index contributed by atoms with van der Waals surface area (Å²) in [7, 11) is 0. The molecule has 6 heteroatoms. The fourth-order valence-electron chi connectivity index (χ4n) is 15.2. The summed E-state index contributed by atoms with van der Waals surface area (Å²) >= 11 is 0. The highest BCUT2D eigenvalue weighted by molar-refractivity contribution is 6.92. The van der Waals surface area contributed by atoms with Crippen LogP contribution >= 0.6 is 0 Å². The van der Waals surface area contributed by atoms with Crippen LogP contribution in [0.4, 0.5) is 0 Å². The Morgan fingerprint density at radius 3 is 1.12 bits per heavy atom. The van der Waals surface area contributed by atoms with Gasteiger partial charge in [0, 0.05) is 65.9 Å². The maximum absolute atomic E-state index is 2.81. The Labute approximate surface area is 441 Å². The smallest absolute Gasteiger partial charge is 0.333 e. The van der Waals surface area contributed by atoms with E-state index in [-0.39, 0.29) is 24.5 Å². The number of fused-ring (bicyclic) bond motifs is 21. The largest absolute Gasteiger partial charge is 0.374 e. The van der Waals surface area contributed by atoms with Crippen LogP contribution in [0.1, 0.15) is 52.7 Å². The second-order valence-electron chi connectivity index (χ2n) is 24.3. The topological polar surface area (TPSA) is 19.7 Å². The lowest BCUT2D eigenvalue weighted by atomic mass is 9.45. The van der Waals surface area contributed by atoms with Gasteiger partial charge in [-0.1, -0.05) is 199 Å². The van der Waals surface area contributed by atoms with Crippen LogP contribution in [0.15, 0.2) is 194 Å². The number of hydrogen-bond donors (Lipinski definition) is 0. The average molecular weight is 969 g/mol. The van der Waals surface area contributed by atoms with Crippen molar-refractivity contribution in [2.24, 2.45) is 0 Å². The molecule has 0 saturated heterocycles. The molecule has 4 aliphatic rings. The van der Waals surface area contributed by atoms with Crippen LogP contribution in [-0.4, -0.2) is 31.8 Å². The minimum atomic E-state index is -0.0703. The third-order valence-electron chi connectivity index (χ3n) is 18.4. The van der Waals surface area contributed by atoms with Gasteiger partial charge in [-0.3, -0.25) is 0 Å². The van der Waals surface area contributed by atoms with Crippen LogP contribution in [-0.2, 0) is 10.8 Å². The van der Waals surface area contributed by atoms with E-state index in [9.17, 15) is 0 Å². The zero-order valence-electron chi connectivity index (χ0n) is 43.4. The van der Waals surface area contributed by atoms with Gasteiger partial charge in [-0.05, 0) is 114 Å². The molecule has 0 bridgehead atoms. The van der Waals surface area contributed by atoms with Crippen LogP contribution in [0.2, 0.25) is 0 Å². The van der Waals surface area contributed by atoms with E-state index in [0.717, 1.165) is 0 Å². The molecular formula is C70H50B2N4. The van der Waals surface area contributed by atoms with E-state index < -0.39 is 0 Å². The summed E-state index contributed by atoms with van der Waals surface area (Å²) in [5, 5.41) is 7.86. The summed E-state index contributed by atoms with van der Waals surface area (Å²) < 4.78 is 10.8. The molecule has 0 fully saturated rings. The Bertz CT molecular complexity index is 4690. The molecular weight excluding hydrogens is 918 g/mol. The summed E-state index contributed by atoms with van der Waals surface area (Å²) in [4.78, 5) is 0. The minimum Gasteiger partial charge on any atom is -0.374 e. The number of aromatic nitrogens is 4. The van der Waals surface area contributed by atoms with E-state index in [1.807, 2.05) is 0 Å². The van der Waals surface area contributed by atoms with Crippen LogP contribution in [0, 0.1) is 0 Å². The van der Waals surface area contributed by atoms with E-state index in [0.29, 0.717) is 0 Å². The summed E-state index contributed by atoms with van der Waals surface area (Å²) in [5.41, 5.74) is 31.5. The van der Waals surface area contributed by atoms with Crippen molar-refractivity contribution in [3.05, 3.63) is 205 Å². The highest BCUT2D eigenvalue weighted by Gasteiger charge is 2.47. The highest BCUT2D eigenvalue weighted by Crippen LogP contribution is 2.52. The molecule has 356 valence electrons. The molecule has 14 aromatic rings. The van der Waals surface area contributed by atoms with Gasteiger partial charge in [0.1, 0.15) is 0 Å². The Hall–Kier alpha value is -8.73. The van der Waals surface area contributed by atoms with Gasteiger partial charge in [-0.15, -0.1) is 0 Å². The Balaban J connectivity index is 1.00. The predicted molar refractivity (Wildman–Crippen MR) is 324 cm³/mol. The molecule has 4 nitrogen and oxygen atoms in total. The van der Waals surface area contributed by atoms with E-state index in [1.165, 1.54) is 165 Å². The fraction of sp³-hybridized carbons (Fsp3) is 0.114. The zero-order valence-corrected chi connectivity index (χ0v) is 43.4. The van der Waals surface area contributed by atoms with E-state index in [1.54, 1.807) is 0 Å². The van der Waals surface area contributed by atoms with Crippen molar-refractivity contribution >= 4 is 112 Å². The summed E-state index contributed by atoms with van der Waals surface area (Å²) in [6, 6.07) is 75.3. The second-order valence-corrected chi connectivity index (χ2v) is 24.3. The monoisotopic (exact) mass is 968 g/mol. The first-order valence-corrected chi connectivity index (χ1v) is 27.3. The third-order valence-corrected chi connectivity index (χ3v) is 18.4. The van der Waals surface area contributed by atoms with Gasteiger partial charge in [0.15, 0.2) is 0 Å². The number of benzene rings is 10. The molecule has 4 aromatic heterocycles. The molecule has 0 aliphatic carbocycles. The first-order valence-electron chi connectivity index (χ1n) is 27.3. The first-order chi connectivity index (χ1) is 37.0. The Morgan fingerprint density at radius 2 is 0.697 bits per heavy atom. The van der Waals surface area contributed by atoms with Crippen LogP contribution in [0.3, 0.4) is 0 Å². The molecule has 0 radical (unpaired) electrons. The minimum absolute atomic E-state index is 0.0563. The van der Waals surface area contributed by atoms with Crippen LogP contribution in [0.25, 0.3) is 132 Å². The molecule has 8 heterocycles. The van der Waals surface area contributed by atoms with Crippen molar-refractivity contribution in [1.29, 1.82) is 0 Å². The van der Waals surface area contributed by atoms with Gasteiger partial charge in [0.2, 0.25) is 0 Å². The van der Waals surface area contributed by atoms with E-state index in [4.69, 9.17) is 0 Å². The molecule has 0 saturated carbocycles. The highest BCUT2D eigenvalue weighted by atomic mass is 15.1. The average Bonchev–Trinajstić information content (AvgIpc) is 4.34. The second kappa shape index (κ2) is 13.8. The first kappa shape index (κ1) is 41.6. The van der Waals surface area contributed by atoms with Crippen molar-refractivity contribution in [3.63, 3.8) is 0 Å². The summed E-state index contributed by atoms with van der Waals surface area (Å²) in [6.45, 7) is 13.7. The molecule has 76 heavy (non-hydrogen) atoms. The van der Waals surface area contributed by atoms with Crippen LogP contribution < -0.4 is 21.9 Å². The SMILES string of the molecule is CC(C)(C)c1ccc(-c2cc3c4c5c2c2ccccc2n5-c2ccccc2B4n2c4c-3cccc4c3c2c2cccc4c2n3B2c3ccccc3-n3c5ccccc5c5c(-c6ccc(C(C)(C)C)cc6)cc-4c2c53)cc1. The quantitative estimate of drug-likeness (QED) is 0.154. The molecule has 0 unspecified atom stereocenters. The van der Waals surface area contributed by atoms with Crippen molar-refractivity contribution in [2.75, 3.05) is 0 Å². The lowest BCUT2D eigenvalue weighted by molar-refractivity contribution is 0.590. The lowest BCUT2D eigenvalue weighted by Gasteiger charge is -2.34. The van der Waals surface area contributed by atoms with E-state index in [2.05, 4.69) is 254 Å². The maximum atomic E-state index is 2.81. The van der Waals surface area contributed by atoms with Gasteiger partial charge in [0.25, 0.3) is 0 Å². The van der Waals surface area contributed by atoms with Crippen molar-refractivity contribution in [1.82, 2.24) is 18.1 Å². The predicted octanol–water partition coefficient (Wildman–Crippen LogP) is 14.8. The van der Waals surface area contributed by atoms with Gasteiger partial charge in [0.05, 0.1) is 33.1 Å². The number of hydrogen-bond acceptors (Lipinski definition) is 0. The Morgan fingerprint density at radius 1 is 0.316 bits per heavy atom. The van der Waals surface area contributed by atoms with Gasteiger partial charge < -0.3 is 18.1 Å². The zero-order chi connectivity index (χ0) is 50.4. The third kappa shape index (κ3) is 4.87. The van der Waals surface area contributed by atoms with E-state index >= 15 is 0 Å². The molecule has 18 rings (SSSR count). The summed E-state index contributed by atoms with van der Waals surface area (Å²) in [6.07, 6.45) is 0. The van der Waals surface area contributed by atoms with Crippen molar-refractivity contribution in [2.45, 2.75) is 52.4 Å². The van der Waals surface area contributed by atoms with Crippen molar-refractivity contribution < 1.29 is 0 Å². The molecule has 4 aliphatic heterocycles. The number of nitrogens with zero attached hydrogens (tertiary/aromatic N) is 4. The normalized spacial score (nSPS) is 13.9. The fourth-order valence-corrected chi connectivity index (χ4v) is 15.2. The molecule has 0 N–H and O–H groups in total. The molecule has 0 amide bonds. The van der Waals surface area contributed by atoms with Gasteiger partial charge in [-0.25, -0.2) is 0 Å². The lowest BCUT2D eigenvalue weighted by Crippen LogP contribution is -2.55. The van der Waals surface area contributed by atoms with Gasteiger partial charge in [-0.2, -0.15) is 0 Å². The molecule has 0 atom stereocenters. The molecule has 10 aromatic carbocycles. The number of para-hydroxylation sites is 6. The Kier molecular flexibility index (Phi) is 7.53. The standard InChI is InChI=1S/C70H50B2N4/c1-69(2,3)41-33-29-39(30-34-41)49-37-51-43-19-15-21-47-63(43)75(71-53-23-9-13-27-57(53)73-55-25-11-7-17-45(55)59(49)67(73)61(51)71)66-48-22-16-20-44-52-38-50(40-31-35-42(36-32-40)70(4,5)6)60-46-18-8-12-26-56(46)74-58-28-14-10-24-54(58)72(62(52)68(60)74)76(64(44)48)65(47)66/h7-38H,1-6H3. The van der Waals surface area contributed by atoms with Crippen molar-refractivity contribution in [3.8, 4) is 55.9 Å².